The van der Waals surface area contributed by atoms with Crippen LogP contribution in [-0.2, 0) is 11.3 Å². The van der Waals surface area contributed by atoms with Crippen molar-refractivity contribution in [3.8, 4) is 16.9 Å². The molecule has 0 aliphatic carbocycles. The highest BCUT2D eigenvalue weighted by Gasteiger charge is 2.19. The number of esters is 1. The van der Waals surface area contributed by atoms with E-state index < -0.39 is 0 Å². The maximum absolute atomic E-state index is 12.8. The molecule has 0 N–H and O–H groups in total. The van der Waals surface area contributed by atoms with Crippen LogP contribution in [0.5, 0.6) is 5.75 Å². The summed E-state index contributed by atoms with van der Waals surface area (Å²) in [6, 6.07) is 21.3. The summed E-state index contributed by atoms with van der Waals surface area (Å²) in [5, 5.41) is 1.94. The number of rotatable bonds is 6. The average molecular weight is 454 g/mol. The van der Waals surface area contributed by atoms with Gasteiger partial charge in [-0.3, -0.25) is 0 Å². The third-order valence-electron chi connectivity index (χ3n) is 5.16. The Morgan fingerprint density at radius 2 is 1.74 bits per heavy atom. The molecule has 0 radical (unpaired) electrons. The van der Waals surface area contributed by atoms with Gasteiger partial charge in [-0.25, -0.2) is 4.79 Å². The summed E-state index contributed by atoms with van der Waals surface area (Å²) in [6.45, 7) is 2.56. The lowest BCUT2D eigenvalue weighted by atomic mass is 10.0. The number of ether oxygens (including phenoxy) is 2. The fraction of sp³-hybridized carbons (Fsp3) is 0.160. The second kappa shape index (κ2) is 9.04. The zero-order valence-corrected chi connectivity index (χ0v) is 18.7. The first-order valence-electron chi connectivity index (χ1n) is 9.89. The van der Waals surface area contributed by atoms with Gasteiger partial charge in [0.2, 0.25) is 0 Å². The summed E-state index contributed by atoms with van der Waals surface area (Å²) >= 11 is 12.3. The van der Waals surface area contributed by atoms with Gasteiger partial charge in [0.05, 0.1) is 23.8 Å². The van der Waals surface area contributed by atoms with E-state index in [4.69, 9.17) is 32.7 Å². The molecule has 158 valence electrons. The van der Waals surface area contributed by atoms with E-state index in [1.54, 1.807) is 20.1 Å². The van der Waals surface area contributed by atoms with Crippen LogP contribution in [0.15, 0.2) is 66.7 Å². The van der Waals surface area contributed by atoms with Gasteiger partial charge in [-0.05, 0) is 60.0 Å². The van der Waals surface area contributed by atoms with Crippen LogP contribution >= 0.6 is 23.2 Å². The summed E-state index contributed by atoms with van der Waals surface area (Å²) in [5.74, 6) is 0.430. The van der Waals surface area contributed by atoms with Crippen molar-refractivity contribution in [1.82, 2.24) is 4.57 Å². The number of carbonyl (C=O) groups is 1. The summed E-state index contributed by atoms with van der Waals surface area (Å²) in [6.07, 6.45) is 0. The monoisotopic (exact) mass is 453 g/mol. The van der Waals surface area contributed by atoms with Crippen molar-refractivity contribution >= 4 is 40.1 Å². The second-order valence-corrected chi connectivity index (χ2v) is 7.87. The molecule has 0 saturated heterocycles. The summed E-state index contributed by atoms with van der Waals surface area (Å²) in [7, 11) is 1.64. The third kappa shape index (κ3) is 4.27. The molecule has 0 atom stereocenters. The minimum Gasteiger partial charge on any atom is -0.497 e. The van der Waals surface area contributed by atoms with Gasteiger partial charge in [-0.15, -0.1) is 0 Å². The number of nitrogens with zero attached hydrogens (tertiary/aromatic N) is 1. The molecule has 3 aromatic carbocycles. The smallest absolute Gasteiger partial charge is 0.354 e. The number of halogens is 2. The Morgan fingerprint density at radius 1 is 0.968 bits per heavy atom. The van der Waals surface area contributed by atoms with E-state index in [9.17, 15) is 4.79 Å². The van der Waals surface area contributed by atoms with Crippen LogP contribution in [0.4, 0.5) is 0 Å². The van der Waals surface area contributed by atoms with Crippen molar-refractivity contribution in [1.29, 1.82) is 0 Å². The highest BCUT2D eigenvalue weighted by atomic mass is 35.5. The largest absolute Gasteiger partial charge is 0.497 e. The molecular weight excluding hydrogens is 433 g/mol. The molecule has 1 aromatic heterocycles. The van der Waals surface area contributed by atoms with Crippen LogP contribution in [-0.4, -0.2) is 24.3 Å². The zero-order valence-electron chi connectivity index (χ0n) is 17.2. The van der Waals surface area contributed by atoms with Crippen LogP contribution in [0.3, 0.4) is 0 Å². The normalized spacial score (nSPS) is 11.0. The van der Waals surface area contributed by atoms with Crippen molar-refractivity contribution in [3.63, 3.8) is 0 Å². The molecule has 4 nitrogen and oxygen atoms in total. The molecule has 0 amide bonds. The van der Waals surface area contributed by atoms with E-state index >= 15 is 0 Å². The number of benzene rings is 3. The van der Waals surface area contributed by atoms with E-state index in [1.807, 2.05) is 65.2 Å². The van der Waals surface area contributed by atoms with Crippen LogP contribution in [0.1, 0.15) is 23.0 Å². The molecule has 1 heterocycles. The van der Waals surface area contributed by atoms with Gasteiger partial charge >= 0.3 is 5.97 Å². The average Bonchev–Trinajstić information content (AvgIpc) is 3.15. The highest BCUT2D eigenvalue weighted by Crippen LogP contribution is 2.33. The minimum atomic E-state index is -0.362. The summed E-state index contributed by atoms with van der Waals surface area (Å²) in [4.78, 5) is 12.8. The first-order chi connectivity index (χ1) is 15.0. The molecule has 0 aliphatic rings. The van der Waals surface area contributed by atoms with Gasteiger partial charge in [-0.1, -0.05) is 53.5 Å². The maximum Gasteiger partial charge on any atom is 0.354 e. The quantitative estimate of drug-likeness (QED) is 0.299. The Morgan fingerprint density at radius 3 is 2.42 bits per heavy atom. The van der Waals surface area contributed by atoms with Crippen molar-refractivity contribution in [3.05, 3.63) is 88.0 Å². The molecule has 6 heteroatoms. The van der Waals surface area contributed by atoms with E-state index in [0.717, 1.165) is 33.3 Å². The third-order valence-corrected chi connectivity index (χ3v) is 5.90. The molecular formula is C25H21Cl2NO3. The van der Waals surface area contributed by atoms with Gasteiger partial charge < -0.3 is 14.0 Å². The lowest BCUT2D eigenvalue weighted by Crippen LogP contribution is -2.12. The lowest BCUT2D eigenvalue weighted by molar-refractivity contribution is 0.0515. The molecule has 4 aromatic rings. The summed E-state index contributed by atoms with van der Waals surface area (Å²) < 4.78 is 12.6. The van der Waals surface area contributed by atoms with E-state index in [-0.39, 0.29) is 5.97 Å². The molecule has 0 fully saturated rings. The van der Waals surface area contributed by atoms with Crippen molar-refractivity contribution < 1.29 is 14.3 Å². The number of hydrogen-bond acceptors (Lipinski definition) is 3. The minimum absolute atomic E-state index is 0.304. The SMILES string of the molecule is CCOC(=O)c1cc2c(-c3ccc(OC)cc3)cccc2n1Cc1ccc(Cl)c(Cl)c1. The molecule has 0 aliphatic heterocycles. The van der Waals surface area contributed by atoms with E-state index in [2.05, 4.69) is 0 Å². The first kappa shape index (κ1) is 21.3. The topological polar surface area (TPSA) is 40.5 Å². The Balaban J connectivity index is 1.87. The molecule has 0 bridgehead atoms. The fourth-order valence-corrected chi connectivity index (χ4v) is 3.99. The highest BCUT2D eigenvalue weighted by molar-refractivity contribution is 6.42. The van der Waals surface area contributed by atoms with Crippen LogP contribution in [0, 0.1) is 0 Å². The fourth-order valence-electron chi connectivity index (χ4n) is 3.67. The van der Waals surface area contributed by atoms with Gasteiger partial charge in [0.15, 0.2) is 0 Å². The summed E-state index contributed by atoms with van der Waals surface area (Å²) in [5.41, 5.74) is 4.42. The lowest BCUT2D eigenvalue weighted by Gasteiger charge is -2.12. The zero-order chi connectivity index (χ0) is 22.0. The van der Waals surface area contributed by atoms with Gasteiger partial charge in [0, 0.05) is 17.4 Å². The maximum atomic E-state index is 12.8. The standard InChI is InChI=1S/C25H21Cl2NO3/c1-3-31-25(29)24-14-20-19(17-8-10-18(30-2)11-9-17)5-4-6-23(20)28(24)15-16-7-12-21(26)22(27)13-16/h4-14H,3,15H2,1-2H3. The van der Waals surface area contributed by atoms with Crippen molar-refractivity contribution in [2.45, 2.75) is 13.5 Å². The molecule has 4 rings (SSSR count). The van der Waals surface area contributed by atoms with E-state index in [0.29, 0.717) is 28.9 Å². The number of methoxy groups -OCH3 is 1. The van der Waals surface area contributed by atoms with Crippen molar-refractivity contribution in [2.24, 2.45) is 0 Å². The Hall–Kier alpha value is -2.95. The van der Waals surface area contributed by atoms with Crippen LogP contribution in [0.25, 0.3) is 22.0 Å². The number of fused-ring (bicyclic) bond motifs is 1. The first-order valence-corrected chi connectivity index (χ1v) is 10.6. The van der Waals surface area contributed by atoms with Crippen LogP contribution in [0.2, 0.25) is 10.0 Å². The molecule has 31 heavy (non-hydrogen) atoms. The predicted molar refractivity (Wildman–Crippen MR) is 125 cm³/mol. The number of carbonyl (C=O) groups excluding carboxylic acids is 1. The van der Waals surface area contributed by atoms with Crippen molar-refractivity contribution in [2.75, 3.05) is 13.7 Å². The molecule has 0 spiro atoms. The predicted octanol–water partition coefficient (Wildman–Crippen LogP) is 6.85. The van der Waals surface area contributed by atoms with E-state index in [1.165, 1.54) is 0 Å². The molecule has 0 unspecified atom stereocenters. The number of aromatic nitrogens is 1. The van der Waals surface area contributed by atoms with Crippen LogP contribution < -0.4 is 4.74 Å². The Bertz CT molecular complexity index is 1250. The Kier molecular flexibility index (Phi) is 6.21. The van der Waals surface area contributed by atoms with Gasteiger partial charge in [-0.2, -0.15) is 0 Å². The van der Waals surface area contributed by atoms with Gasteiger partial charge in [0.25, 0.3) is 0 Å². The second-order valence-electron chi connectivity index (χ2n) is 7.05. The van der Waals surface area contributed by atoms with Gasteiger partial charge in [0.1, 0.15) is 11.4 Å². The molecule has 0 saturated carbocycles. The number of hydrogen-bond donors (Lipinski definition) is 0. The Labute approximate surface area is 190 Å².